The molecule has 8 nitrogen and oxygen atoms in total. The Kier molecular flexibility index (Phi) is 9.56. The van der Waals surface area contributed by atoms with E-state index in [0.717, 1.165) is 27.9 Å². The highest BCUT2D eigenvalue weighted by Gasteiger charge is 2.15. The minimum absolute atomic E-state index is 0.0300. The van der Waals surface area contributed by atoms with E-state index < -0.39 is 10.0 Å². The van der Waals surface area contributed by atoms with Gasteiger partial charge in [-0.3, -0.25) is 5.41 Å². The average Bonchev–Trinajstić information content (AvgIpc) is 2.98. The van der Waals surface area contributed by atoms with Crippen LogP contribution in [0.15, 0.2) is 109 Å². The molecule has 40 heavy (non-hydrogen) atoms. The van der Waals surface area contributed by atoms with E-state index in [0.29, 0.717) is 30.2 Å². The fraction of sp³-hybridized carbons (Fsp3) is 0.129. The lowest BCUT2D eigenvalue weighted by atomic mass is 10.1. The van der Waals surface area contributed by atoms with Gasteiger partial charge in [0.1, 0.15) is 12.4 Å². The molecule has 0 amide bonds. The van der Waals surface area contributed by atoms with Crippen LogP contribution in [0.5, 0.6) is 11.5 Å². The van der Waals surface area contributed by atoms with E-state index in [1.54, 1.807) is 25.3 Å². The number of nitrogens with zero attached hydrogens (tertiary/aromatic N) is 1. The minimum Gasteiger partial charge on any atom is -0.493 e. The maximum Gasteiger partial charge on any atom is 0.233 e. The number of nitrogen functional groups attached to an aromatic ring is 1. The molecule has 0 radical (unpaired) electrons. The second-order valence-corrected chi connectivity index (χ2v) is 10.5. The number of nitrogens with one attached hydrogen (secondary N) is 2. The summed E-state index contributed by atoms with van der Waals surface area (Å²) in [7, 11) is -2.08. The summed E-state index contributed by atoms with van der Waals surface area (Å²) < 4.78 is 39.5. The smallest absolute Gasteiger partial charge is 0.233 e. The molecule has 4 N–H and O–H groups in total. The van der Waals surface area contributed by atoms with Gasteiger partial charge >= 0.3 is 0 Å². The highest BCUT2D eigenvalue weighted by Crippen LogP contribution is 2.35. The summed E-state index contributed by atoms with van der Waals surface area (Å²) in [6, 6.07) is 31.9. The number of anilines is 2. The number of rotatable bonds is 13. The van der Waals surface area contributed by atoms with E-state index in [-0.39, 0.29) is 12.4 Å². The van der Waals surface area contributed by atoms with Crippen LogP contribution in [0.4, 0.5) is 11.4 Å². The van der Waals surface area contributed by atoms with Crippen molar-refractivity contribution in [2.75, 3.05) is 25.1 Å². The standard InChI is InChI=1S/C31H32N4O4S/c1-38-30-22-28(16-17-29(30)39-23-25-10-6-3-7-11-25)35(27-14-12-26(13-15-27)31(32)33)20-19-34-40(36,37)21-18-24-8-4-2-5-9-24/h2-18,21-22,34H,19-20,23H2,1H3,(H3,32,33)/b21-18+. The molecule has 0 aliphatic rings. The van der Waals surface area contributed by atoms with Crippen molar-refractivity contribution in [2.45, 2.75) is 6.61 Å². The Morgan fingerprint density at radius 3 is 2.20 bits per heavy atom. The van der Waals surface area contributed by atoms with E-state index in [1.165, 1.54) is 0 Å². The van der Waals surface area contributed by atoms with Crippen LogP contribution in [0, 0.1) is 5.41 Å². The second-order valence-electron chi connectivity index (χ2n) is 8.87. The Morgan fingerprint density at radius 2 is 1.55 bits per heavy atom. The molecule has 0 saturated carbocycles. The van der Waals surface area contributed by atoms with Crippen LogP contribution in [0.3, 0.4) is 0 Å². The Balaban J connectivity index is 1.53. The molecule has 4 aromatic carbocycles. The molecular weight excluding hydrogens is 524 g/mol. The van der Waals surface area contributed by atoms with Gasteiger partial charge in [-0.05, 0) is 53.6 Å². The number of amidine groups is 1. The molecule has 0 unspecified atom stereocenters. The molecule has 0 atom stereocenters. The molecule has 0 saturated heterocycles. The van der Waals surface area contributed by atoms with Crippen LogP contribution in [-0.2, 0) is 16.6 Å². The Hall–Kier alpha value is -4.60. The fourth-order valence-electron chi connectivity index (χ4n) is 3.99. The zero-order valence-electron chi connectivity index (χ0n) is 22.2. The van der Waals surface area contributed by atoms with Gasteiger partial charge in [0.05, 0.1) is 7.11 Å². The lowest BCUT2D eigenvalue weighted by Gasteiger charge is -2.26. The predicted octanol–water partition coefficient (Wildman–Crippen LogP) is 5.29. The number of hydrogen-bond acceptors (Lipinski definition) is 6. The quantitative estimate of drug-likeness (QED) is 0.152. The summed E-state index contributed by atoms with van der Waals surface area (Å²) in [6.07, 6.45) is 1.56. The maximum absolute atomic E-state index is 12.6. The summed E-state index contributed by atoms with van der Waals surface area (Å²) in [5.41, 5.74) is 9.63. The number of benzene rings is 4. The fourth-order valence-corrected chi connectivity index (χ4v) is 4.80. The van der Waals surface area contributed by atoms with Crippen molar-refractivity contribution in [3.05, 3.63) is 125 Å². The van der Waals surface area contributed by atoms with Gasteiger partial charge in [0.2, 0.25) is 10.0 Å². The SMILES string of the molecule is COc1cc(N(CCNS(=O)(=O)/C=C/c2ccccc2)c2ccc(C(=N)N)cc2)ccc1OCc1ccccc1. The predicted molar refractivity (Wildman–Crippen MR) is 161 cm³/mol. The molecule has 0 aliphatic heterocycles. The molecule has 0 aliphatic carbocycles. The van der Waals surface area contributed by atoms with Crippen molar-refractivity contribution in [3.63, 3.8) is 0 Å². The van der Waals surface area contributed by atoms with Gasteiger partial charge in [-0.15, -0.1) is 0 Å². The molecule has 206 valence electrons. The summed E-state index contributed by atoms with van der Waals surface area (Å²) in [4.78, 5) is 1.96. The van der Waals surface area contributed by atoms with Gasteiger partial charge in [-0.25, -0.2) is 13.1 Å². The minimum atomic E-state index is -3.66. The first kappa shape index (κ1) is 28.4. The van der Waals surface area contributed by atoms with Crippen LogP contribution in [0.2, 0.25) is 0 Å². The molecule has 0 spiro atoms. The Labute approximate surface area is 235 Å². The van der Waals surface area contributed by atoms with Crippen LogP contribution in [-0.4, -0.2) is 34.5 Å². The monoisotopic (exact) mass is 556 g/mol. The third-order valence-corrected chi connectivity index (χ3v) is 7.16. The zero-order valence-corrected chi connectivity index (χ0v) is 23.0. The van der Waals surface area contributed by atoms with Crippen molar-refractivity contribution in [1.29, 1.82) is 5.41 Å². The van der Waals surface area contributed by atoms with Gasteiger partial charge in [0.15, 0.2) is 11.5 Å². The maximum atomic E-state index is 12.6. The zero-order chi connectivity index (χ0) is 28.4. The molecule has 0 aromatic heterocycles. The first-order valence-electron chi connectivity index (χ1n) is 12.6. The molecule has 0 fully saturated rings. The van der Waals surface area contributed by atoms with Crippen molar-refractivity contribution in [2.24, 2.45) is 5.73 Å². The number of nitrogens with two attached hydrogens (primary N) is 1. The van der Waals surface area contributed by atoms with Gasteiger partial charge in [0, 0.05) is 41.5 Å². The van der Waals surface area contributed by atoms with Crippen LogP contribution in [0.25, 0.3) is 6.08 Å². The Morgan fingerprint density at radius 1 is 0.900 bits per heavy atom. The van der Waals surface area contributed by atoms with Gasteiger partial charge in [0.25, 0.3) is 0 Å². The molecular formula is C31H32N4O4S. The number of sulfonamides is 1. The lowest BCUT2D eigenvalue weighted by molar-refractivity contribution is 0.284. The lowest BCUT2D eigenvalue weighted by Crippen LogP contribution is -2.31. The number of hydrogen-bond donors (Lipinski definition) is 3. The summed E-state index contributed by atoms with van der Waals surface area (Å²) in [5, 5.41) is 8.85. The van der Waals surface area contributed by atoms with Crippen LogP contribution < -0.4 is 24.8 Å². The normalized spacial score (nSPS) is 11.3. The van der Waals surface area contributed by atoms with Crippen molar-refractivity contribution in [3.8, 4) is 11.5 Å². The molecule has 0 bridgehead atoms. The van der Waals surface area contributed by atoms with Crippen molar-refractivity contribution in [1.82, 2.24) is 4.72 Å². The highest BCUT2D eigenvalue weighted by atomic mass is 32.2. The van der Waals surface area contributed by atoms with Gasteiger partial charge < -0.3 is 20.1 Å². The van der Waals surface area contributed by atoms with Gasteiger partial charge in [-0.1, -0.05) is 60.7 Å². The van der Waals surface area contributed by atoms with E-state index in [9.17, 15) is 8.42 Å². The van der Waals surface area contributed by atoms with E-state index in [1.807, 2.05) is 95.9 Å². The van der Waals surface area contributed by atoms with Crippen molar-refractivity contribution >= 4 is 33.3 Å². The summed E-state index contributed by atoms with van der Waals surface area (Å²) in [5.74, 6) is 1.11. The van der Waals surface area contributed by atoms with Crippen LogP contribution >= 0.6 is 0 Å². The first-order chi connectivity index (χ1) is 19.3. The first-order valence-corrected chi connectivity index (χ1v) is 14.2. The molecule has 4 rings (SSSR count). The average molecular weight is 557 g/mol. The third kappa shape index (κ3) is 7.95. The molecule has 9 heteroatoms. The Bertz CT molecular complexity index is 1540. The highest BCUT2D eigenvalue weighted by molar-refractivity contribution is 7.92. The van der Waals surface area contributed by atoms with Gasteiger partial charge in [-0.2, -0.15) is 0 Å². The van der Waals surface area contributed by atoms with E-state index >= 15 is 0 Å². The summed E-state index contributed by atoms with van der Waals surface area (Å²) >= 11 is 0. The summed E-state index contributed by atoms with van der Waals surface area (Å²) in [6.45, 7) is 0.862. The third-order valence-electron chi connectivity index (χ3n) is 6.06. The largest absolute Gasteiger partial charge is 0.493 e. The second kappa shape index (κ2) is 13.5. The van der Waals surface area contributed by atoms with E-state index in [2.05, 4.69) is 4.72 Å². The van der Waals surface area contributed by atoms with Crippen LogP contribution in [0.1, 0.15) is 16.7 Å². The van der Waals surface area contributed by atoms with Crippen molar-refractivity contribution < 1.29 is 17.9 Å². The number of ether oxygens (including phenoxy) is 2. The molecule has 4 aromatic rings. The molecule has 0 heterocycles. The number of methoxy groups -OCH3 is 1. The van der Waals surface area contributed by atoms with E-state index in [4.69, 9.17) is 20.6 Å². The topological polar surface area (TPSA) is 118 Å².